The van der Waals surface area contributed by atoms with Gasteiger partial charge in [0.15, 0.2) is 5.78 Å². The van der Waals surface area contributed by atoms with E-state index in [1.807, 2.05) is 68.4 Å². The van der Waals surface area contributed by atoms with Gasteiger partial charge < -0.3 is 5.32 Å². The summed E-state index contributed by atoms with van der Waals surface area (Å²) in [4.78, 5) is 25.8. The number of hydrogen-bond donors (Lipinski definition) is 1. The zero-order chi connectivity index (χ0) is 21.3. The molecular weight excluding hydrogens is 378 g/mol. The van der Waals surface area contributed by atoms with Gasteiger partial charge in [0.2, 0.25) is 0 Å². The number of aryl methyl sites for hydroxylation is 2. The lowest BCUT2D eigenvalue weighted by Gasteiger charge is -2.17. The maximum absolute atomic E-state index is 13.2. The van der Waals surface area contributed by atoms with Crippen molar-refractivity contribution >= 4 is 28.1 Å². The molecule has 0 aliphatic rings. The van der Waals surface area contributed by atoms with Gasteiger partial charge in [-0.3, -0.25) is 9.59 Å². The van der Waals surface area contributed by atoms with Crippen LogP contribution in [0.5, 0.6) is 0 Å². The summed E-state index contributed by atoms with van der Waals surface area (Å²) in [6.07, 6.45) is 0. The van der Waals surface area contributed by atoms with Gasteiger partial charge in [-0.1, -0.05) is 36.4 Å². The summed E-state index contributed by atoms with van der Waals surface area (Å²) < 4.78 is 1.37. The molecule has 0 saturated heterocycles. The molecule has 0 unspecified atom stereocenters. The number of hydrogen-bond acceptors (Lipinski definition) is 6. The van der Waals surface area contributed by atoms with E-state index >= 15 is 0 Å². The Kier molecular flexibility index (Phi) is 5.10. The highest BCUT2D eigenvalue weighted by Gasteiger charge is 2.22. The monoisotopic (exact) mass is 399 g/mol. The number of anilines is 2. The molecule has 7 heteroatoms. The lowest BCUT2D eigenvalue weighted by molar-refractivity contribution is 0.101. The minimum atomic E-state index is -0.349. The van der Waals surface area contributed by atoms with Crippen molar-refractivity contribution in [1.82, 2.24) is 20.0 Å². The van der Waals surface area contributed by atoms with Gasteiger partial charge in [0.25, 0.3) is 5.56 Å². The van der Waals surface area contributed by atoms with Crippen LogP contribution in [0.4, 0.5) is 11.4 Å². The third kappa shape index (κ3) is 3.45. The maximum atomic E-state index is 13.2. The second-order valence-electron chi connectivity index (χ2n) is 6.99. The highest BCUT2D eigenvalue weighted by atomic mass is 16.1. The Hall–Kier alpha value is -3.87. The van der Waals surface area contributed by atoms with Crippen molar-refractivity contribution in [3.8, 4) is 11.3 Å². The molecule has 2 heterocycles. The first-order valence-corrected chi connectivity index (χ1v) is 9.71. The van der Waals surface area contributed by atoms with E-state index in [0.29, 0.717) is 23.4 Å². The summed E-state index contributed by atoms with van der Waals surface area (Å²) in [5.41, 5.74) is 3.51. The summed E-state index contributed by atoms with van der Waals surface area (Å²) in [6, 6.07) is 16.8. The number of ketones is 1. The molecule has 0 spiro atoms. The molecule has 0 saturated carbocycles. The molecule has 0 aliphatic carbocycles. The third-order valence-corrected chi connectivity index (χ3v) is 4.87. The van der Waals surface area contributed by atoms with E-state index < -0.39 is 0 Å². The van der Waals surface area contributed by atoms with E-state index in [1.54, 1.807) is 0 Å². The Balaban J connectivity index is 1.99. The molecule has 0 bridgehead atoms. The summed E-state index contributed by atoms with van der Waals surface area (Å²) in [5, 5.41) is 16.8. The number of carbonyl (C=O) groups excluding carboxylic acids is 1. The van der Waals surface area contributed by atoms with E-state index in [9.17, 15) is 9.59 Å². The zero-order valence-corrected chi connectivity index (χ0v) is 17.0. The van der Waals surface area contributed by atoms with Crippen LogP contribution in [0, 0.1) is 6.92 Å². The Morgan fingerprint density at radius 3 is 2.53 bits per heavy atom. The molecule has 0 fully saturated rings. The number of nitrogens with one attached hydrogen (secondary N) is 1. The normalized spacial score (nSPS) is 10.9. The number of nitrogens with zero attached hydrogens (tertiary/aromatic N) is 4. The third-order valence-electron chi connectivity index (χ3n) is 4.87. The molecule has 7 nitrogen and oxygen atoms in total. The minimum absolute atomic E-state index is 0.208. The van der Waals surface area contributed by atoms with Crippen LogP contribution >= 0.6 is 0 Å². The standard InChI is InChI=1S/C23H21N5O2/c1-4-28-23(30)22(20(15(3)29)21(27-28)16-9-6-5-7-10-16)24-18-11-8-12-19-17(18)13-14(2)25-26-19/h5-13,24H,4H2,1-3H3. The predicted octanol–water partition coefficient (Wildman–Crippen LogP) is 4.13. The number of aromatic nitrogens is 4. The van der Waals surface area contributed by atoms with Gasteiger partial charge in [0.1, 0.15) is 11.4 Å². The van der Waals surface area contributed by atoms with Gasteiger partial charge in [0.05, 0.1) is 16.8 Å². The average Bonchev–Trinajstić information content (AvgIpc) is 2.75. The highest BCUT2D eigenvalue weighted by molar-refractivity contribution is 6.06. The predicted molar refractivity (Wildman–Crippen MR) is 117 cm³/mol. The van der Waals surface area contributed by atoms with Crippen LogP contribution in [-0.2, 0) is 6.54 Å². The van der Waals surface area contributed by atoms with E-state index in [-0.39, 0.29) is 22.6 Å². The van der Waals surface area contributed by atoms with E-state index in [0.717, 1.165) is 16.6 Å². The first kappa shape index (κ1) is 19.4. The SMILES string of the molecule is CCn1nc(-c2ccccc2)c(C(C)=O)c(Nc2cccc3nnc(C)cc23)c1=O. The molecule has 0 radical (unpaired) electrons. The maximum Gasteiger partial charge on any atom is 0.291 e. The van der Waals surface area contributed by atoms with Crippen LogP contribution in [0.15, 0.2) is 59.4 Å². The smallest absolute Gasteiger partial charge is 0.291 e. The van der Waals surface area contributed by atoms with Crippen molar-refractivity contribution < 1.29 is 4.79 Å². The summed E-state index contributed by atoms with van der Waals surface area (Å²) >= 11 is 0. The Labute approximate surface area is 173 Å². The lowest BCUT2D eigenvalue weighted by Crippen LogP contribution is -2.28. The number of fused-ring (bicyclic) bond motifs is 1. The molecule has 4 aromatic rings. The molecule has 30 heavy (non-hydrogen) atoms. The number of rotatable bonds is 5. The molecule has 0 aliphatic heterocycles. The fraction of sp³-hybridized carbons (Fsp3) is 0.174. The summed E-state index contributed by atoms with van der Waals surface area (Å²) in [7, 11) is 0. The second kappa shape index (κ2) is 7.87. The Morgan fingerprint density at radius 2 is 1.83 bits per heavy atom. The van der Waals surface area contributed by atoms with Crippen LogP contribution in [-0.4, -0.2) is 25.8 Å². The largest absolute Gasteiger partial charge is 0.350 e. The minimum Gasteiger partial charge on any atom is -0.350 e. The van der Waals surface area contributed by atoms with Gasteiger partial charge in [-0.25, -0.2) is 4.68 Å². The van der Waals surface area contributed by atoms with Crippen molar-refractivity contribution in [1.29, 1.82) is 0 Å². The molecule has 150 valence electrons. The highest BCUT2D eigenvalue weighted by Crippen LogP contribution is 2.30. The van der Waals surface area contributed by atoms with E-state index in [4.69, 9.17) is 0 Å². The number of Topliss-reactive ketones (excluding diaryl/α,β-unsaturated/α-hetero) is 1. The van der Waals surface area contributed by atoms with E-state index in [1.165, 1.54) is 11.6 Å². The van der Waals surface area contributed by atoms with Crippen LogP contribution in [0.3, 0.4) is 0 Å². The van der Waals surface area contributed by atoms with Gasteiger partial charge >= 0.3 is 0 Å². The van der Waals surface area contributed by atoms with Crippen LogP contribution < -0.4 is 10.9 Å². The molecular formula is C23H21N5O2. The van der Waals surface area contributed by atoms with Crippen LogP contribution in [0.2, 0.25) is 0 Å². The Morgan fingerprint density at radius 1 is 1.07 bits per heavy atom. The van der Waals surface area contributed by atoms with Crippen molar-refractivity contribution in [2.45, 2.75) is 27.3 Å². The second-order valence-corrected chi connectivity index (χ2v) is 6.99. The molecule has 0 amide bonds. The first-order valence-electron chi connectivity index (χ1n) is 9.71. The molecule has 2 aromatic heterocycles. The van der Waals surface area contributed by atoms with Crippen LogP contribution in [0.1, 0.15) is 29.9 Å². The lowest BCUT2D eigenvalue weighted by atomic mass is 10.0. The van der Waals surface area contributed by atoms with Crippen molar-refractivity contribution in [2.24, 2.45) is 0 Å². The van der Waals surface area contributed by atoms with Crippen molar-refractivity contribution in [3.05, 3.63) is 76.2 Å². The van der Waals surface area contributed by atoms with Gasteiger partial charge in [-0.05, 0) is 39.0 Å². The topological polar surface area (TPSA) is 89.8 Å². The first-order chi connectivity index (χ1) is 14.5. The fourth-order valence-electron chi connectivity index (χ4n) is 3.45. The number of benzene rings is 2. The van der Waals surface area contributed by atoms with Crippen molar-refractivity contribution in [2.75, 3.05) is 5.32 Å². The number of carbonyl (C=O) groups is 1. The van der Waals surface area contributed by atoms with Crippen LogP contribution in [0.25, 0.3) is 22.2 Å². The zero-order valence-electron chi connectivity index (χ0n) is 17.0. The molecule has 4 rings (SSSR count). The molecule has 2 aromatic carbocycles. The molecule has 1 N–H and O–H groups in total. The van der Waals surface area contributed by atoms with Gasteiger partial charge in [-0.15, -0.1) is 0 Å². The fourth-order valence-corrected chi connectivity index (χ4v) is 3.45. The summed E-state index contributed by atoms with van der Waals surface area (Å²) in [6.45, 7) is 5.53. The van der Waals surface area contributed by atoms with E-state index in [2.05, 4.69) is 20.6 Å². The van der Waals surface area contributed by atoms with Crippen molar-refractivity contribution in [3.63, 3.8) is 0 Å². The van der Waals surface area contributed by atoms with Gasteiger partial charge in [0, 0.05) is 23.2 Å². The summed E-state index contributed by atoms with van der Waals surface area (Å²) in [5.74, 6) is -0.236. The Bertz CT molecular complexity index is 1310. The van der Waals surface area contributed by atoms with Gasteiger partial charge in [-0.2, -0.15) is 15.3 Å². The quantitative estimate of drug-likeness (QED) is 0.508. The molecule has 0 atom stereocenters. The average molecular weight is 399 g/mol.